The molecule has 10 heteroatoms. The molecule has 0 aromatic heterocycles. The van der Waals surface area contributed by atoms with Gasteiger partial charge in [0.15, 0.2) is 0 Å². The largest absolute Gasteiger partial charge is 0.490 e. The molecule has 2 heterocycles. The van der Waals surface area contributed by atoms with Crippen molar-refractivity contribution in [1.82, 2.24) is 4.90 Å². The number of carbonyl (C=O) groups is 3. The highest BCUT2D eigenvalue weighted by atomic mass is 35.5. The number of halogens is 2. The normalized spacial score (nSPS) is 17.2. The van der Waals surface area contributed by atoms with Gasteiger partial charge < -0.3 is 19.1 Å². The summed E-state index contributed by atoms with van der Waals surface area (Å²) in [5.74, 6) is -0.00485. The number of amides is 3. The second-order valence-corrected chi connectivity index (χ2v) is 12.7. The molecule has 0 spiro atoms. The minimum atomic E-state index is -0.796. The molecule has 0 radical (unpaired) electrons. The lowest BCUT2D eigenvalue weighted by Crippen LogP contribution is -2.44. The summed E-state index contributed by atoms with van der Waals surface area (Å²) in [6.45, 7) is 11.7. The molecule has 2 aromatic carbocycles. The molecule has 1 fully saturated rings. The van der Waals surface area contributed by atoms with Gasteiger partial charge in [0.2, 0.25) is 0 Å². The molecule has 0 aliphatic carbocycles. The summed E-state index contributed by atoms with van der Waals surface area (Å²) in [4.78, 5) is 41.7. The van der Waals surface area contributed by atoms with E-state index < -0.39 is 23.2 Å². The zero-order chi connectivity index (χ0) is 29.4. The molecule has 2 aliphatic rings. The molecule has 214 valence electrons. The molecule has 1 saturated heterocycles. The number of rotatable bonds is 3. The van der Waals surface area contributed by atoms with Gasteiger partial charge in [0.1, 0.15) is 23.1 Å². The molecular formula is C30H34Cl2N2O6. The lowest BCUT2D eigenvalue weighted by molar-refractivity contribution is -0.112. The molecule has 4 rings (SSSR count). The Kier molecular flexibility index (Phi) is 8.43. The third kappa shape index (κ3) is 7.09. The van der Waals surface area contributed by atoms with Crippen molar-refractivity contribution in [3.05, 3.63) is 57.6 Å². The molecular weight excluding hydrogens is 555 g/mol. The third-order valence-corrected chi connectivity index (χ3v) is 6.63. The van der Waals surface area contributed by atoms with Crippen molar-refractivity contribution in [2.24, 2.45) is 0 Å². The summed E-state index contributed by atoms with van der Waals surface area (Å²) in [7, 11) is 0. The predicted molar refractivity (Wildman–Crippen MR) is 156 cm³/mol. The van der Waals surface area contributed by atoms with Gasteiger partial charge in [-0.1, -0.05) is 29.3 Å². The summed E-state index contributed by atoms with van der Waals surface area (Å²) in [6, 6.07) is 10.1. The van der Waals surface area contributed by atoms with Crippen molar-refractivity contribution < 1.29 is 28.6 Å². The number of nitrogens with zero attached hydrogens (tertiary/aromatic N) is 2. The van der Waals surface area contributed by atoms with Gasteiger partial charge in [-0.3, -0.25) is 4.79 Å². The lowest BCUT2D eigenvalue weighted by Gasteiger charge is -2.33. The molecule has 0 N–H and O–H groups in total. The first-order valence-corrected chi connectivity index (χ1v) is 13.9. The van der Waals surface area contributed by atoms with Crippen LogP contribution in [0.25, 0.3) is 11.6 Å². The van der Waals surface area contributed by atoms with Crippen molar-refractivity contribution >= 4 is 58.6 Å². The molecule has 0 saturated carbocycles. The van der Waals surface area contributed by atoms with E-state index in [1.165, 1.54) is 0 Å². The number of hydrogen-bond acceptors (Lipinski definition) is 6. The van der Waals surface area contributed by atoms with E-state index >= 15 is 0 Å². The Bertz CT molecular complexity index is 1350. The zero-order valence-corrected chi connectivity index (χ0v) is 25.1. The highest BCUT2D eigenvalue weighted by Gasteiger charge is 2.39. The van der Waals surface area contributed by atoms with Crippen molar-refractivity contribution in [3.63, 3.8) is 0 Å². The first-order valence-electron chi connectivity index (χ1n) is 13.1. The van der Waals surface area contributed by atoms with Gasteiger partial charge in [-0.15, -0.1) is 0 Å². The quantitative estimate of drug-likeness (QED) is 0.343. The monoisotopic (exact) mass is 588 g/mol. The van der Waals surface area contributed by atoms with Crippen LogP contribution >= 0.6 is 23.2 Å². The standard InChI is InChI=1S/C30H34Cl2N2O6/c1-29(2,3)39-27(36)33-13-11-21(12-14-33)38-25-10-8-19(31)15-18(25)16-23-22-9-7-20(32)17-24(22)34(26(23)35)28(37)40-30(4,5)6/h7-10,15-17,21H,11-14H2,1-6H3. The lowest BCUT2D eigenvalue weighted by atomic mass is 10.0. The van der Waals surface area contributed by atoms with E-state index in [0.29, 0.717) is 58.5 Å². The summed E-state index contributed by atoms with van der Waals surface area (Å²) in [5.41, 5.74) is 0.391. The average Bonchev–Trinajstić information content (AvgIpc) is 3.09. The SMILES string of the molecule is CC(C)(C)OC(=O)N1CCC(Oc2ccc(Cl)cc2C=C2C(=O)N(C(=O)OC(C)(C)C)c3cc(Cl)ccc32)CC1. The Morgan fingerprint density at radius 2 is 1.45 bits per heavy atom. The summed E-state index contributed by atoms with van der Waals surface area (Å²) < 4.78 is 17.3. The van der Waals surface area contributed by atoms with Crippen LogP contribution < -0.4 is 9.64 Å². The second-order valence-electron chi connectivity index (χ2n) is 11.8. The van der Waals surface area contributed by atoms with Crippen LogP contribution in [0.15, 0.2) is 36.4 Å². The van der Waals surface area contributed by atoms with Crippen LogP contribution in [-0.4, -0.2) is 53.4 Å². The number of likely N-dealkylation sites (tertiary alicyclic amines) is 1. The molecule has 2 aromatic rings. The minimum absolute atomic E-state index is 0.152. The molecule has 2 aliphatic heterocycles. The van der Waals surface area contributed by atoms with Gasteiger partial charge in [0.25, 0.3) is 5.91 Å². The number of benzene rings is 2. The Hall–Kier alpha value is -3.23. The number of ether oxygens (including phenoxy) is 3. The molecule has 8 nitrogen and oxygen atoms in total. The third-order valence-electron chi connectivity index (χ3n) is 6.16. The van der Waals surface area contributed by atoms with Crippen LogP contribution in [0.5, 0.6) is 5.75 Å². The van der Waals surface area contributed by atoms with Crippen LogP contribution in [0.2, 0.25) is 10.0 Å². The molecule has 3 amide bonds. The van der Waals surface area contributed by atoms with Crippen LogP contribution in [0.1, 0.15) is 65.5 Å². The van der Waals surface area contributed by atoms with Crippen molar-refractivity contribution in [2.75, 3.05) is 18.0 Å². The maximum absolute atomic E-state index is 13.6. The first-order chi connectivity index (χ1) is 18.6. The molecule has 40 heavy (non-hydrogen) atoms. The van der Waals surface area contributed by atoms with Crippen LogP contribution in [0.4, 0.5) is 15.3 Å². The Morgan fingerprint density at radius 3 is 2.08 bits per heavy atom. The number of fused-ring (bicyclic) bond motifs is 1. The summed E-state index contributed by atoms with van der Waals surface area (Å²) in [5, 5.41) is 0.843. The second kappa shape index (κ2) is 11.3. The van der Waals surface area contributed by atoms with Gasteiger partial charge >= 0.3 is 12.2 Å². The topological polar surface area (TPSA) is 85.4 Å². The summed E-state index contributed by atoms with van der Waals surface area (Å²) in [6.07, 6.45) is 1.62. The Balaban J connectivity index is 1.59. The number of imide groups is 1. The molecule has 0 bridgehead atoms. The Morgan fingerprint density at radius 1 is 0.875 bits per heavy atom. The predicted octanol–water partition coefficient (Wildman–Crippen LogP) is 7.59. The van der Waals surface area contributed by atoms with E-state index in [9.17, 15) is 14.4 Å². The fourth-order valence-corrected chi connectivity index (χ4v) is 4.80. The smallest absolute Gasteiger partial charge is 0.422 e. The highest BCUT2D eigenvalue weighted by Crippen LogP contribution is 2.41. The maximum atomic E-state index is 13.6. The first kappa shape index (κ1) is 29.7. The minimum Gasteiger partial charge on any atom is -0.490 e. The van der Waals surface area contributed by atoms with Crippen molar-refractivity contribution in [1.29, 1.82) is 0 Å². The van der Waals surface area contributed by atoms with E-state index in [-0.39, 0.29) is 17.8 Å². The van der Waals surface area contributed by atoms with Gasteiger partial charge in [-0.25, -0.2) is 14.5 Å². The van der Waals surface area contributed by atoms with Crippen LogP contribution in [-0.2, 0) is 14.3 Å². The van der Waals surface area contributed by atoms with Crippen molar-refractivity contribution in [2.45, 2.75) is 71.7 Å². The van der Waals surface area contributed by atoms with Gasteiger partial charge in [-0.05, 0) is 78.0 Å². The fourth-order valence-electron chi connectivity index (χ4n) is 4.45. The zero-order valence-electron chi connectivity index (χ0n) is 23.5. The average molecular weight is 590 g/mol. The number of anilines is 1. The van der Waals surface area contributed by atoms with Gasteiger partial charge in [-0.2, -0.15) is 0 Å². The van der Waals surface area contributed by atoms with E-state index in [1.54, 1.807) is 68.1 Å². The van der Waals surface area contributed by atoms with Gasteiger partial charge in [0.05, 0.1) is 11.3 Å². The van der Waals surface area contributed by atoms with Crippen LogP contribution in [0.3, 0.4) is 0 Å². The van der Waals surface area contributed by atoms with E-state index in [2.05, 4.69) is 0 Å². The number of hydrogen-bond donors (Lipinski definition) is 0. The molecule has 0 unspecified atom stereocenters. The van der Waals surface area contributed by atoms with E-state index in [4.69, 9.17) is 37.4 Å². The maximum Gasteiger partial charge on any atom is 0.422 e. The van der Waals surface area contributed by atoms with Gasteiger partial charge in [0, 0.05) is 47.1 Å². The van der Waals surface area contributed by atoms with E-state index in [0.717, 1.165) is 4.90 Å². The van der Waals surface area contributed by atoms with Crippen LogP contribution in [0, 0.1) is 0 Å². The fraction of sp³-hybridized carbons (Fsp3) is 0.433. The highest BCUT2D eigenvalue weighted by molar-refractivity contribution is 6.42. The van der Waals surface area contributed by atoms with E-state index in [1.807, 2.05) is 20.8 Å². The van der Waals surface area contributed by atoms with Crippen molar-refractivity contribution in [3.8, 4) is 5.75 Å². The Labute approximate surface area is 244 Å². The number of piperidine rings is 1. The number of carbonyl (C=O) groups excluding carboxylic acids is 3. The molecule has 0 atom stereocenters. The summed E-state index contributed by atoms with van der Waals surface area (Å²) >= 11 is 12.5.